The quantitative estimate of drug-likeness (QED) is 0.931. The fourth-order valence-electron chi connectivity index (χ4n) is 2.65. The number of fused-ring (bicyclic) bond motifs is 1. The Morgan fingerprint density at radius 3 is 2.75 bits per heavy atom. The van der Waals surface area contributed by atoms with Gasteiger partial charge in [0.05, 0.1) is 5.56 Å². The van der Waals surface area contributed by atoms with Gasteiger partial charge in [0.2, 0.25) is 5.56 Å². The van der Waals surface area contributed by atoms with Gasteiger partial charge < -0.3 is 9.88 Å². The molecule has 3 rings (SSSR count). The number of aromatic nitrogens is 1. The molecule has 4 heteroatoms. The van der Waals surface area contributed by atoms with Crippen LogP contribution >= 0.6 is 0 Å². The van der Waals surface area contributed by atoms with Crippen LogP contribution in [-0.2, 0) is 0 Å². The van der Waals surface area contributed by atoms with Crippen molar-refractivity contribution in [3.05, 3.63) is 46.2 Å². The molecule has 0 radical (unpaired) electrons. The molecule has 1 fully saturated rings. The summed E-state index contributed by atoms with van der Waals surface area (Å²) < 4.78 is 0. The first-order valence-corrected chi connectivity index (χ1v) is 6.97. The van der Waals surface area contributed by atoms with Crippen molar-refractivity contribution in [1.82, 2.24) is 9.88 Å². The van der Waals surface area contributed by atoms with Crippen LogP contribution in [0.5, 0.6) is 0 Å². The second kappa shape index (κ2) is 4.78. The Morgan fingerprint density at radius 1 is 1.35 bits per heavy atom. The summed E-state index contributed by atoms with van der Waals surface area (Å²) in [5.41, 5.74) is 0.953. The van der Waals surface area contributed by atoms with Gasteiger partial charge in [0.15, 0.2) is 0 Å². The number of nitrogens with one attached hydrogen (secondary N) is 1. The van der Waals surface area contributed by atoms with E-state index >= 15 is 0 Å². The van der Waals surface area contributed by atoms with Gasteiger partial charge in [-0.2, -0.15) is 0 Å². The van der Waals surface area contributed by atoms with E-state index in [9.17, 15) is 9.59 Å². The lowest BCUT2D eigenvalue weighted by Crippen LogP contribution is -2.37. The standard InChI is InChI=1S/C16H18N2O2/c1-10(11-7-8-11)18(2)16(20)13-9-15(19)17-14-6-4-3-5-12(13)14/h3-6,9-11H,7-8H2,1-2H3,(H,17,19). The first-order chi connectivity index (χ1) is 9.58. The van der Waals surface area contributed by atoms with Crippen LogP contribution in [0.3, 0.4) is 0 Å². The minimum atomic E-state index is -0.237. The number of carbonyl (C=O) groups excluding carboxylic acids is 1. The zero-order valence-electron chi connectivity index (χ0n) is 11.7. The Balaban J connectivity index is 2.04. The van der Waals surface area contributed by atoms with Crippen molar-refractivity contribution in [3.8, 4) is 0 Å². The van der Waals surface area contributed by atoms with Crippen molar-refractivity contribution in [2.45, 2.75) is 25.8 Å². The van der Waals surface area contributed by atoms with Crippen molar-refractivity contribution in [2.24, 2.45) is 5.92 Å². The molecule has 1 N–H and O–H groups in total. The fraction of sp³-hybridized carbons (Fsp3) is 0.375. The Bertz CT molecular complexity index is 716. The van der Waals surface area contributed by atoms with Crippen molar-refractivity contribution >= 4 is 16.8 Å². The highest BCUT2D eigenvalue weighted by molar-refractivity contribution is 6.05. The molecule has 0 saturated heterocycles. The molecule has 1 amide bonds. The minimum Gasteiger partial charge on any atom is -0.339 e. The number of rotatable bonds is 3. The molecule has 1 saturated carbocycles. The van der Waals surface area contributed by atoms with E-state index < -0.39 is 0 Å². The molecule has 1 unspecified atom stereocenters. The Labute approximate surface area is 117 Å². The van der Waals surface area contributed by atoms with E-state index in [-0.39, 0.29) is 17.5 Å². The number of H-pyrrole nitrogens is 1. The number of hydrogen-bond acceptors (Lipinski definition) is 2. The molecular weight excluding hydrogens is 252 g/mol. The van der Waals surface area contributed by atoms with Crippen LogP contribution in [0.15, 0.2) is 35.1 Å². The van der Waals surface area contributed by atoms with E-state index in [0.29, 0.717) is 17.0 Å². The number of pyridine rings is 1. The monoisotopic (exact) mass is 270 g/mol. The van der Waals surface area contributed by atoms with Crippen LogP contribution in [0.1, 0.15) is 30.1 Å². The molecule has 104 valence electrons. The van der Waals surface area contributed by atoms with Crippen LogP contribution in [-0.4, -0.2) is 28.9 Å². The van der Waals surface area contributed by atoms with E-state index in [1.165, 1.54) is 18.9 Å². The number of benzene rings is 1. The smallest absolute Gasteiger partial charge is 0.254 e. The summed E-state index contributed by atoms with van der Waals surface area (Å²) in [6.07, 6.45) is 2.38. The molecule has 0 aliphatic heterocycles. The number of hydrogen-bond donors (Lipinski definition) is 1. The predicted octanol–water partition coefficient (Wildman–Crippen LogP) is 2.40. The highest BCUT2D eigenvalue weighted by Gasteiger charge is 2.33. The second-order valence-corrected chi connectivity index (χ2v) is 5.59. The zero-order valence-corrected chi connectivity index (χ0v) is 11.7. The summed E-state index contributed by atoms with van der Waals surface area (Å²) in [5.74, 6) is 0.531. The second-order valence-electron chi connectivity index (χ2n) is 5.59. The number of nitrogens with zero attached hydrogens (tertiary/aromatic N) is 1. The van der Waals surface area contributed by atoms with Gasteiger partial charge in [-0.1, -0.05) is 18.2 Å². The van der Waals surface area contributed by atoms with Gasteiger partial charge in [0, 0.05) is 30.1 Å². The van der Waals surface area contributed by atoms with Gasteiger partial charge in [-0.15, -0.1) is 0 Å². The SMILES string of the molecule is CC(C1CC1)N(C)C(=O)c1cc(=O)[nH]c2ccccc12. The van der Waals surface area contributed by atoms with Crippen LogP contribution in [0.25, 0.3) is 10.9 Å². The topological polar surface area (TPSA) is 53.2 Å². The number of carbonyl (C=O) groups is 1. The fourth-order valence-corrected chi connectivity index (χ4v) is 2.65. The van der Waals surface area contributed by atoms with E-state index in [1.807, 2.05) is 31.3 Å². The molecular formula is C16H18N2O2. The van der Waals surface area contributed by atoms with Gasteiger partial charge in [0.1, 0.15) is 0 Å². The molecule has 1 aromatic heterocycles. The maximum absolute atomic E-state index is 12.7. The largest absolute Gasteiger partial charge is 0.339 e. The average molecular weight is 270 g/mol. The summed E-state index contributed by atoms with van der Waals surface area (Å²) in [4.78, 5) is 28.9. The predicted molar refractivity (Wildman–Crippen MR) is 78.8 cm³/mol. The van der Waals surface area contributed by atoms with Gasteiger partial charge in [-0.25, -0.2) is 0 Å². The lowest BCUT2D eigenvalue weighted by atomic mass is 10.1. The lowest BCUT2D eigenvalue weighted by molar-refractivity contribution is 0.0729. The van der Waals surface area contributed by atoms with Crippen LogP contribution in [0.2, 0.25) is 0 Å². The van der Waals surface area contributed by atoms with Crippen molar-refractivity contribution in [2.75, 3.05) is 7.05 Å². The Hall–Kier alpha value is -2.10. The molecule has 1 aliphatic rings. The summed E-state index contributed by atoms with van der Waals surface area (Å²) in [5, 5.41) is 0.798. The molecule has 0 spiro atoms. The van der Waals surface area contributed by atoms with Crippen molar-refractivity contribution in [1.29, 1.82) is 0 Å². The number of amides is 1. The maximum atomic E-state index is 12.7. The maximum Gasteiger partial charge on any atom is 0.254 e. The summed E-state index contributed by atoms with van der Waals surface area (Å²) in [6, 6.07) is 9.04. The van der Waals surface area contributed by atoms with Gasteiger partial charge in [-0.3, -0.25) is 9.59 Å². The summed E-state index contributed by atoms with van der Waals surface area (Å²) in [7, 11) is 1.82. The molecule has 0 bridgehead atoms. The van der Waals surface area contributed by atoms with Crippen molar-refractivity contribution in [3.63, 3.8) is 0 Å². The van der Waals surface area contributed by atoms with E-state index in [0.717, 1.165) is 5.39 Å². The van der Waals surface area contributed by atoms with Crippen LogP contribution < -0.4 is 5.56 Å². The highest BCUT2D eigenvalue weighted by Crippen LogP contribution is 2.35. The van der Waals surface area contributed by atoms with Crippen molar-refractivity contribution < 1.29 is 4.79 Å². The number of para-hydroxylation sites is 1. The third-order valence-corrected chi connectivity index (χ3v) is 4.22. The molecule has 1 aliphatic carbocycles. The van der Waals surface area contributed by atoms with Gasteiger partial charge >= 0.3 is 0 Å². The average Bonchev–Trinajstić information content (AvgIpc) is 3.28. The van der Waals surface area contributed by atoms with Gasteiger partial charge in [-0.05, 0) is 31.7 Å². The van der Waals surface area contributed by atoms with E-state index in [2.05, 4.69) is 11.9 Å². The Morgan fingerprint density at radius 2 is 2.05 bits per heavy atom. The van der Waals surface area contributed by atoms with E-state index in [4.69, 9.17) is 0 Å². The number of aromatic amines is 1. The third-order valence-electron chi connectivity index (χ3n) is 4.22. The lowest BCUT2D eigenvalue weighted by Gasteiger charge is -2.25. The first kappa shape index (κ1) is 12.9. The van der Waals surface area contributed by atoms with E-state index in [1.54, 1.807) is 4.90 Å². The van der Waals surface area contributed by atoms with Gasteiger partial charge in [0.25, 0.3) is 5.91 Å². The summed E-state index contributed by atoms with van der Waals surface area (Å²) in [6.45, 7) is 2.07. The molecule has 1 atom stereocenters. The molecule has 1 heterocycles. The molecule has 2 aromatic rings. The molecule has 1 aromatic carbocycles. The minimum absolute atomic E-state index is 0.0771. The zero-order chi connectivity index (χ0) is 14.3. The molecule has 20 heavy (non-hydrogen) atoms. The first-order valence-electron chi connectivity index (χ1n) is 6.97. The third kappa shape index (κ3) is 2.22. The van der Waals surface area contributed by atoms with Crippen LogP contribution in [0.4, 0.5) is 0 Å². The molecule has 4 nitrogen and oxygen atoms in total. The Kier molecular flexibility index (Phi) is 3.08. The highest BCUT2D eigenvalue weighted by atomic mass is 16.2. The normalized spacial score (nSPS) is 16.1. The van der Waals surface area contributed by atoms with Crippen LogP contribution in [0, 0.1) is 5.92 Å². The summed E-state index contributed by atoms with van der Waals surface area (Å²) >= 11 is 0.